The van der Waals surface area contributed by atoms with Crippen LogP contribution in [0.3, 0.4) is 0 Å². The van der Waals surface area contributed by atoms with Crippen LogP contribution in [0.2, 0.25) is 0 Å². The van der Waals surface area contributed by atoms with Gasteiger partial charge in [0, 0.05) is 0 Å². The van der Waals surface area contributed by atoms with Crippen LogP contribution in [-0.2, 0) is 0 Å². The van der Waals surface area contributed by atoms with Gasteiger partial charge < -0.3 is 14.2 Å². The topological polar surface area (TPSA) is 44.8 Å². The molecule has 3 aromatic rings. The summed E-state index contributed by atoms with van der Waals surface area (Å²) in [4.78, 5) is 12.1. The van der Waals surface area contributed by atoms with Crippen molar-refractivity contribution in [1.82, 2.24) is 0 Å². The number of para-hydroxylation sites is 1. The van der Waals surface area contributed by atoms with E-state index >= 15 is 0 Å². The Bertz CT molecular complexity index is 793. The maximum atomic E-state index is 12.1. The SMILES string of the molecule is COc1ccc(C(=O)Oc2ccc(Oc3ccccc3)cc2)cc1. The first-order valence-corrected chi connectivity index (χ1v) is 7.44. The maximum Gasteiger partial charge on any atom is 0.343 e. The van der Waals surface area contributed by atoms with Crippen LogP contribution in [0.15, 0.2) is 78.9 Å². The fourth-order valence-corrected chi connectivity index (χ4v) is 2.09. The fraction of sp³-hybridized carbons (Fsp3) is 0.0500. The third-order valence-electron chi connectivity index (χ3n) is 3.34. The van der Waals surface area contributed by atoms with Crippen LogP contribution in [0.5, 0.6) is 23.0 Å². The summed E-state index contributed by atoms with van der Waals surface area (Å²) in [7, 11) is 1.58. The molecule has 3 aromatic carbocycles. The van der Waals surface area contributed by atoms with E-state index in [-0.39, 0.29) is 0 Å². The average molecular weight is 320 g/mol. The van der Waals surface area contributed by atoms with Gasteiger partial charge in [-0.2, -0.15) is 0 Å². The molecule has 0 saturated carbocycles. The third kappa shape index (κ3) is 3.93. The van der Waals surface area contributed by atoms with Crippen LogP contribution in [-0.4, -0.2) is 13.1 Å². The van der Waals surface area contributed by atoms with Crippen molar-refractivity contribution < 1.29 is 19.0 Å². The molecule has 0 spiro atoms. The van der Waals surface area contributed by atoms with Crippen molar-refractivity contribution in [3.8, 4) is 23.0 Å². The molecule has 4 nitrogen and oxygen atoms in total. The van der Waals surface area contributed by atoms with Gasteiger partial charge in [-0.25, -0.2) is 4.79 Å². The smallest absolute Gasteiger partial charge is 0.343 e. The van der Waals surface area contributed by atoms with Crippen molar-refractivity contribution in [3.63, 3.8) is 0 Å². The second-order valence-electron chi connectivity index (χ2n) is 5.00. The number of rotatable bonds is 5. The molecule has 0 N–H and O–H groups in total. The van der Waals surface area contributed by atoms with Gasteiger partial charge in [0.1, 0.15) is 23.0 Å². The number of benzene rings is 3. The van der Waals surface area contributed by atoms with Crippen LogP contribution in [0, 0.1) is 0 Å². The van der Waals surface area contributed by atoms with Crippen molar-refractivity contribution in [3.05, 3.63) is 84.4 Å². The number of methoxy groups -OCH3 is 1. The summed E-state index contributed by atoms with van der Waals surface area (Å²) in [5, 5.41) is 0. The molecule has 0 bridgehead atoms. The molecule has 0 saturated heterocycles. The van der Waals surface area contributed by atoms with Gasteiger partial charge in [0.15, 0.2) is 0 Å². The number of hydrogen-bond donors (Lipinski definition) is 0. The quantitative estimate of drug-likeness (QED) is 0.504. The molecule has 0 aromatic heterocycles. The Balaban J connectivity index is 1.64. The molecule has 0 radical (unpaired) electrons. The first-order valence-electron chi connectivity index (χ1n) is 7.44. The van der Waals surface area contributed by atoms with E-state index in [9.17, 15) is 4.79 Å². The summed E-state index contributed by atoms with van der Waals surface area (Å²) in [5.41, 5.74) is 0.459. The molecule has 120 valence electrons. The highest BCUT2D eigenvalue weighted by Gasteiger charge is 2.09. The van der Waals surface area contributed by atoms with E-state index in [4.69, 9.17) is 14.2 Å². The molecule has 3 rings (SSSR count). The molecule has 0 aliphatic rings. The lowest BCUT2D eigenvalue weighted by Crippen LogP contribution is -2.08. The predicted molar refractivity (Wildman–Crippen MR) is 90.9 cm³/mol. The van der Waals surface area contributed by atoms with E-state index in [2.05, 4.69) is 0 Å². The van der Waals surface area contributed by atoms with E-state index in [1.165, 1.54) is 0 Å². The molecule has 0 fully saturated rings. The number of hydrogen-bond acceptors (Lipinski definition) is 4. The number of carbonyl (C=O) groups is 1. The standard InChI is InChI=1S/C20H16O4/c1-22-16-9-7-15(8-10-16)20(21)24-19-13-11-18(12-14-19)23-17-5-3-2-4-6-17/h2-14H,1H3. The summed E-state index contributed by atoms with van der Waals surface area (Å²) in [6.07, 6.45) is 0. The normalized spacial score (nSPS) is 10.0. The monoisotopic (exact) mass is 320 g/mol. The van der Waals surface area contributed by atoms with Gasteiger partial charge in [0.2, 0.25) is 0 Å². The zero-order valence-corrected chi connectivity index (χ0v) is 13.1. The van der Waals surface area contributed by atoms with Gasteiger partial charge >= 0.3 is 5.97 Å². The van der Waals surface area contributed by atoms with Crippen molar-refractivity contribution >= 4 is 5.97 Å². The predicted octanol–water partition coefficient (Wildman–Crippen LogP) is 4.71. The highest BCUT2D eigenvalue weighted by atomic mass is 16.5. The molecule has 0 aliphatic carbocycles. The zero-order chi connectivity index (χ0) is 16.8. The summed E-state index contributed by atoms with van der Waals surface area (Å²) < 4.78 is 16.1. The molecular formula is C20H16O4. The lowest BCUT2D eigenvalue weighted by Gasteiger charge is -2.08. The Hall–Kier alpha value is -3.27. The average Bonchev–Trinajstić information content (AvgIpc) is 2.64. The Labute approximate surface area is 140 Å². The van der Waals surface area contributed by atoms with Gasteiger partial charge in [0.25, 0.3) is 0 Å². The van der Waals surface area contributed by atoms with E-state index < -0.39 is 5.97 Å². The van der Waals surface area contributed by atoms with Crippen LogP contribution in [0.25, 0.3) is 0 Å². The van der Waals surface area contributed by atoms with Gasteiger partial charge in [-0.05, 0) is 60.7 Å². The van der Waals surface area contributed by atoms with E-state index in [0.29, 0.717) is 22.8 Å². The molecular weight excluding hydrogens is 304 g/mol. The van der Waals surface area contributed by atoms with E-state index in [0.717, 1.165) is 5.75 Å². The highest BCUT2D eigenvalue weighted by molar-refractivity contribution is 5.91. The van der Waals surface area contributed by atoms with Crippen LogP contribution in [0.1, 0.15) is 10.4 Å². The minimum Gasteiger partial charge on any atom is -0.497 e. The summed E-state index contributed by atoms with van der Waals surface area (Å²) in [6.45, 7) is 0. The Morgan fingerprint density at radius 1 is 0.667 bits per heavy atom. The van der Waals surface area contributed by atoms with Crippen molar-refractivity contribution in [2.75, 3.05) is 7.11 Å². The minimum atomic E-state index is -0.422. The molecule has 0 aliphatic heterocycles. The summed E-state index contributed by atoms with van der Waals surface area (Å²) in [5.74, 6) is 2.14. The maximum absolute atomic E-state index is 12.1. The van der Waals surface area contributed by atoms with Gasteiger partial charge in [-0.3, -0.25) is 0 Å². The lowest BCUT2D eigenvalue weighted by atomic mass is 10.2. The summed E-state index contributed by atoms with van der Waals surface area (Å²) >= 11 is 0. The Morgan fingerprint density at radius 2 is 1.21 bits per heavy atom. The molecule has 0 unspecified atom stereocenters. The van der Waals surface area contributed by atoms with Crippen LogP contribution >= 0.6 is 0 Å². The van der Waals surface area contributed by atoms with Gasteiger partial charge in [0.05, 0.1) is 12.7 Å². The van der Waals surface area contributed by atoms with Crippen LogP contribution in [0.4, 0.5) is 0 Å². The third-order valence-corrected chi connectivity index (χ3v) is 3.34. The van der Waals surface area contributed by atoms with Crippen LogP contribution < -0.4 is 14.2 Å². The number of esters is 1. The molecule has 0 amide bonds. The van der Waals surface area contributed by atoms with Crippen molar-refractivity contribution in [2.45, 2.75) is 0 Å². The minimum absolute atomic E-state index is 0.422. The Morgan fingerprint density at radius 3 is 1.83 bits per heavy atom. The van der Waals surface area contributed by atoms with E-state index in [1.54, 1.807) is 55.6 Å². The molecule has 0 heterocycles. The highest BCUT2D eigenvalue weighted by Crippen LogP contribution is 2.24. The van der Waals surface area contributed by atoms with Crippen molar-refractivity contribution in [1.29, 1.82) is 0 Å². The van der Waals surface area contributed by atoms with Crippen molar-refractivity contribution in [2.24, 2.45) is 0 Å². The zero-order valence-electron chi connectivity index (χ0n) is 13.1. The first-order chi connectivity index (χ1) is 11.7. The summed E-state index contributed by atoms with van der Waals surface area (Å²) in [6, 6.07) is 23.1. The second kappa shape index (κ2) is 7.33. The number of carbonyl (C=O) groups excluding carboxylic acids is 1. The first kappa shape index (κ1) is 15.6. The van der Waals surface area contributed by atoms with Gasteiger partial charge in [-0.15, -0.1) is 0 Å². The molecule has 0 atom stereocenters. The van der Waals surface area contributed by atoms with Gasteiger partial charge in [-0.1, -0.05) is 18.2 Å². The fourth-order valence-electron chi connectivity index (χ4n) is 2.09. The molecule has 4 heteroatoms. The largest absolute Gasteiger partial charge is 0.497 e. The molecule has 24 heavy (non-hydrogen) atoms. The second-order valence-corrected chi connectivity index (χ2v) is 5.00. The van der Waals surface area contributed by atoms with E-state index in [1.807, 2.05) is 30.3 Å². The number of ether oxygens (including phenoxy) is 3. The Kier molecular flexibility index (Phi) is 4.77. The lowest BCUT2D eigenvalue weighted by molar-refractivity contribution is 0.0734.